The van der Waals surface area contributed by atoms with Gasteiger partial charge in [-0.2, -0.15) is 11.3 Å². The molecule has 1 amide bonds. The molecule has 6 heteroatoms. The smallest absolute Gasteiger partial charge is 0.236 e. The summed E-state index contributed by atoms with van der Waals surface area (Å²) in [6.07, 6.45) is 2.15. The van der Waals surface area contributed by atoms with Crippen molar-refractivity contribution in [2.75, 3.05) is 33.8 Å². The van der Waals surface area contributed by atoms with Gasteiger partial charge in [0.2, 0.25) is 5.91 Å². The fourth-order valence-electron chi connectivity index (χ4n) is 2.77. The minimum absolute atomic E-state index is 0.149. The number of carbonyl (C=O) groups excluding carboxylic acids is 1. The van der Waals surface area contributed by atoms with Crippen molar-refractivity contribution in [2.45, 2.75) is 31.5 Å². The molecule has 0 spiro atoms. The van der Waals surface area contributed by atoms with Crippen molar-refractivity contribution in [3.05, 3.63) is 22.4 Å². The first-order chi connectivity index (χ1) is 10.1. The summed E-state index contributed by atoms with van der Waals surface area (Å²) in [4.78, 5) is 16.4. The average Bonchev–Trinajstić information content (AvgIpc) is 3.00. The van der Waals surface area contributed by atoms with E-state index >= 15 is 0 Å². The number of likely N-dealkylation sites (N-methyl/N-ethyl adjacent to an activating group) is 1. The summed E-state index contributed by atoms with van der Waals surface area (Å²) in [5, 5.41) is 4.12. The topological polar surface area (TPSA) is 58.8 Å². The first-order valence-electron chi connectivity index (χ1n) is 7.36. The van der Waals surface area contributed by atoms with Crippen LogP contribution < -0.4 is 5.73 Å². The van der Waals surface area contributed by atoms with Gasteiger partial charge < -0.3 is 15.4 Å². The van der Waals surface area contributed by atoms with Gasteiger partial charge in [0, 0.05) is 39.8 Å². The Labute approximate surface area is 130 Å². The van der Waals surface area contributed by atoms with Crippen LogP contribution in [0.5, 0.6) is 0 Å². The third kappa shape index (κ3) is 4.51. The number of nitrogens with zero attached hydrogens (tertiary/aromatic N) is 2. The lowest BCUT2D eigenvalue weighted by Gasteiger charge is -2.38. The SMILES string of the molecule is COC1CCN(CC(=O)N(C)Cc2ccsc2)C(CN)C1. The van der Waals surface area contributed by atoms with Gasteiger partial charge in [0.25, 0.3) is 0 Å². The van der Waals surface area contributed by atoms with E-state index < -0.39 is 0 Å². The van der Waals surface area contributed by atoms with E-state index in [9.17, 15) is 4.79 Å². The molecule has 1 fully saturated rings. The molecule has 5 nitrogen and oxygen atoms in total. The Morgan fingerprint density at radius 3 is 3.05 bits per heavy atom. The Balaban J connectivity index is 1.86. The molecule has 0 aliphatic carbocycles. The van der Waals surface area contributed by atoms with Gasteiger partial charge in [-0.1, -0.05) is 0 Å². The highest BCUT2D eigenvalue weighted by Gasteiger charge is 2.29. The lowest BCUT2D eigenvalue weighted by Crippen LogP contribution is -2.51. The van der Waals surface area contributed by atoms with E-state index in [1.807, 2.05) is 12.4 Å². The monoisotopic (exact) mass is 311 g/mol. The van der Waals surface area contributed by atoms with E-state index in [1.165, 1.54) is 5.56 Å². The predicted molar refractivity (Wildman–Crippen MR) is 85.2 cm³/mol. The predicted octanol–water partition coefficient (Wildman–Crippen LogP) is 1.14. The average molecular weight is 311 g/mol. The molecule has 21 heavy (non-hydrogen) atoms. The van der Waals surface area contributed by atoms with Crippen molar-refractivity contribution in [3.8, 4) is 0 Å². The molecule has 2 atom stereocenters. The molecule has 2 rings (SSSR count). The summed E-state index contributed by atoms with van der Waals surface area (Å²) in [5.41, 5.74) is 7.04. The number of likely N-dealkylation sites (tertiary alicyclic amines) is 1. The summed E-state index contributed by atoms with van der Waals surface area (Å²) < 4.78 is 5.42. The number of methoxy groups -OCH3 is 1. The molecular formula is C15H25N3O2S. The van der Waals surface area contributed by atoms with Gasteiger partial charge in [0.1, 0.15) is 0 Å². The largest absolute Gasteiger partial charge is 0.381 e. The highest BCUT2D eigenvalue weighted by Crippen LogP contribution is 2.19. The van der Waals surface area contributed by atoms with Crippen LogP contribution in [-0.2, 0) is 16.1 Å². The molecule has 1 aliphatic rings. The lowest BCUT2D eigenvalue weighted by molar-refractivity contribution is -0.133. The highest BCUT2D eigenvalue weighted by molar-refractivity contribution is 7.07. The van der Waals surface area contributed by atoms with Gasteiger partial charge in [0.15, 0.2) is 0 Å². The Morgan fingerprint density at radius 1 is 1.62 bits per heavy atom. The first kappa shape index (κ1) is 16.4. The molecule has 0 aromatic carbocycles. The quantitative estimate of drug-likeness (QED) is 0.856. The minimum atomic E-state index is 0.149. The maximum absolute atomic E-state index is 12.4. The molecule has 1 aromatic heterocycles. The number of ether oxygens (including phenoxy) is 1. The van der Waals surface area contributed by atoms with Gasteiger partial charge in [-0.3, -0.25) is 9.69 Å². The maximum atomic E-state index is 12.4. The normalized spacial score (nSPS) is 23.2. The molecule has 1 saturated heterocycles. The fraction of sp³-hybridized carbons (Fsp3) is 0.667. The Morgan fingerprint density at radius 2 is 2.43 bits per heavy atom. The van der Waals surface area contributed by atoms with Crippen LogP contribution in [-0.4, -0.2) is 61.6 Å². The highest BCUT2D eigenvalue weighted by atomic mass is 32.1. The van der Waals surface area contributed by atoms with Crippen molar-refractivity contribution in [3.63, 3.8) is 0 Å². The van der Waals surface area contributed by atoms with E-state index in [0.717, 1.165) is 19.4 Å². The number of amides is 1. The molecular weight excluding hydrogens is 286 g/mol. The molecule has 1 aromatic rings. The number of thiophene rings is 1. The van der Waals surface area contributed by atoms with Crippen LogP contribution in [0.4, 0.5) is 0 Å². The molecule has 1 aliphatic heterocycles. The zero-order chi connectivity index (χ0) is 15.2. The number of piperidine rings is 1. The van der Waals surface area contributed by atoms with Gasteiger partial charge in [-0.05, 0) is 35.2 Å². The fourth-order valence-corrected chi connectivity index (χ4v) is 3.43. The van der Waals surface area contributed by atoms with Crippen LogP contribution in [0.15, 0.2) is 16.8 Å². The van der Waals surface area contributed by atoms with Crippen LogP contribution in [0.3, 0.4) is 0 Å². The molecule has 2 unspecified atom stereocenters. The summed E-state index contributed by atoms with van der Waals surface area (Å²) in [6.45, 7) is 2.56. The van der Waals surface area contributed by atoms with E-state index in [-0.39, 0.29) is 18.1 Å². The maximum Gasteiger partial charge on any atom is 0.236 e. The van der Waals surface area contributed by atoms with Crippen LogP contribution in [0.1, 0.15) is 18.4 Å². The second-order valence-corrected chi connectivity index (χ2v) is 6.40. The first-order valence-corrected chi connectivity index (χ1v) is 8.30. The number of hydrogen-bond donors (Lipinski definition) is 1. The van der Waals surface area contributed by atoms with Gasteiger partial charge >= 0.3 is 0 Å². The van der Waals surface area contributed by atoms with Gasteiger partial charge in [-0.25, -0.2) is 0 Å². The number of rotatable bonds is 6. The zero-order valence-corrected chi connectivity index (χ0v) is 13.6. The summed E-state index contributed by atoms with van der Waals surface area (Å²) >= 11 is 1.66. The zero-order valence-electron chi connectivity index (χ0n) is 12.8. The van der Waals surface area contributed by atoms with Crippen molar-refractivity contribution < 1.29 is 9.53 Å². The number of hydrogen-bond acceptors (Lipinski definition) is 5. The van der Waals surface area contributed by atoms with Gasteiger partial charge in [-0.15, -0.1) is 0 Å². The standard InChI is InChI=1S/C15H25N3O2S/c1-17(9-12-4-6-21-11-12)15(19)10-18-5-3-14(20-2)7-13(18)8-16/h4,6,11,13-14H,3,5,7-10,16H2,1-2H3. The summed E-state index contributed by atoms with van der Waals surface area (Å²) in [6, 6.07) is 2.29. The number of nitrogens with two attached hydrogens (primary N) is 1. The van der Waals surface area contributed by atoms with Crippen LogP contribution in [0, 0.1) is 0 Å². The molecule has 0 radical (unpaired) electrons. The second-order valence-electron chi connectivity index (χ2n) is 5.62. The molecule has 118 valence electrons. The van der Waals surface area contributed by atoms with Crippen LogP contribution >= 0.6 is 11.3 Å². The molecule has 0 saturated carbocycles. The van der Waals surface area contributed by atoms with Crippen molar-refractivity contribution in [1.82, 2.24) is 9.80 Å². The van der Waals surface area contributed by atoms with E-state index in [2.05, 4.69) is 16.3 Å². The number of carbonyl (C=O) groups is 1. The molecule has 0 bridgehead atoms. The van der Waals surface area contributed by atoms with Crippen molar-refractivity contribution >= 4 is 17.2 Å². The van der Waals surface area contributed by atoms with Crippen molar-refractivity contribution in [2.24, 2.45) is 5.73 Å². The van der Waals surface area contributed by atoms with Crippen molar-refractivity contribution in [1.29, 1.82) is 0 Å². The van der Waals surface area contributed by atoms with Crippen LogP contribution in [0.25, 0.3) is 0 Å². The van der Waals surface area contributed by atoms with E-state index in [0.29, 0.717) is 19.6 Å². The minimum Gasteiger partial charge on any atom is -0.381 e. The third-order valence-electron chi connectivity index (χ3n) is 4.16. The summed E-state index contributed by atoms with van der Waals surface area (Å²) in [5.74, 6) is 0.149. The van der Waals surface area contributed by atoms with Crippen LogP contribution in [0.2, 0.25) is 0 Å². The Hall–Kier alpha value is -0.950. The third-order valence-corrected chi connectivity index (χ3v) is 4.89. The molecule has 2 N–H and O–H groups in total. The Kier molecular flexibility index (Phi) is 6.17. The molecule has 2 heterocycles. The van der Waals surface area contributed by atoms with Gasteiger partial charge in [0.05, 0.1) is 12.6 Å². The Bertz CT molecular complexity index is 438. The summed E-state index contributed by atoms with van der Waals surface area (Å²) in [7, 11) is 3.60. The lowest BCUT2D eigenvalue weighted by atomic mass is 9.99. The second kappa shape index (κ2) is 7.89. The van der Waals surface area contributed by atoms with E-state index in [4.69, 9.17) is 10.5 Å². The van der Waals surface area contributed by atoms with E-state index in [1.54, 1.807) is 23.3 Å².